The summed E-state index contributed by atoms with van der Waals surface area (Å²) >= 11 is 15.6. The van der Waals surface area contributed by atoms with Crippen LogP contribution in [0.2, 0.25) is 10.0 Å². The van der Waals surface area contributed by atoms with Gasteiger partial charge >= 0.3 is 0 Å². The second-order valence-corrected chi connectivity index (χ2v) is 10.2. The molecule has 5 nitrogen and oxygen atoms in total. The number of likely N-dealkylation sites (tertiary alicyclic amines) is 1. The number of para-hydroxylation sites is 2. The molecular weight excluding hydrogens is 535 g/mol. The lowest BCUT2D eigenvalue weighted by Crippen LogP contribution is -2.38. The van der Waals surface area contributed by atoms with Crippen molar-refractivity contribution in [3.8, 4) is 5.69 Å². The Morgan fingerprint density at radius 3 is 2.47 bits per heavy atom. The second-order valence-electron chi connectivity index (χ2n) is 8.50. The third kappa shape index (κ3) is 5.01. The Morgan fingerprint density at radius 2 is 1.74 bits per heavy atom. The molecule has 1 aliphatic rings. The molecule has 1 fully saturated rings. The minimum absolute atomic E-state index is 0.0279. The van der Waals surface area contributed by atoms with Crippen molar-refractivity contribution >= 4 is 61.8 Å². The Hall–Kier alpha value is -2.38. The molecule has 0 atom stereocenters. The van der Waals surface area contributed by atoms with Crippen LogP contribution in [-0.2, 0) is 11.3 Å². The maximum Gasteiger partial charge on any atom is 0.227 e. The van der Waals surface area contributed by atoms with Crippen LogP contribution >= 0.6 is 39.1 Å². The summed E-state index contributed by atoms with van der Waals surface area (Å²) in [4.78, 5) is 20.1. The van der Waals surface area contributed by atoms with Crippen molar-refractivity contribution in [1.82, 2.24) is 14.5 Å². The summed E-state index contributed by atoms with van der Waals surface area (Å²) in [6.07, 6.45) is 1.59. The fourth-order valence-corrected chi connectivity index (χ4v) is 4.99. The number of hydrogen-bond donors (Lipinski definition) is 1. The van der Waals surface area contributed by atoms with Crippen LogP contribution in [0.5, 0.6) is 0 Å². The lowest BCUT2D eigenvalue weighted by molar-refractivity contribution is -0.121. The van der Waals surface area contributed by atoms with Gasteiger partial charge in [0.1, 0.15) is 5.82 Å². The van der Waals surface area contributed by atoms with E-state index in [4.69, 9.17) is 28.2 Å². The van der Waals surface area contributed by atoms with Gasteiger partial charge in [0.15, 0.2) is 0 Å². The zero-order valence-electron chi connectivity index (χ0n) is 18.3. The number of aromatic nitrogens is 2. The van der Waals surface area contributed by atoms with E-state index in [9.17, 15) is 4.79 Å². The maximum atomic E-state index is 12.8. The summed E-state index contributed by atoms with van der Waals surface area (Å²) < 4.78 is 3.27. The minimum atomic E-state index is -0.0315. The number of amides is 1. The number of carbonyl (C=O) groups is 1. The standard InChI is InChI=1S/C26H23BrCl2N4O/c27-18-5-8-20(9-6-18)33-24-4-2-1-3-23(24)31-25(33)16-32-13-11-17(12-14-32)26(34)30-19-7-10-21(28)22(29)15-19/h1-10,15,17H,11-14,16H2,(H,30,34). The van der Waals surface area contributed by atoms with Gasteiger partial charge in [-0.3, -0.25) is 14.3 Å². The number of piperidine rings is 1. The first kappa shape index (κ1) is 23.4. The first-order valence-corrected chi connectivity index (χ1v) is 12.7. The van der Waals surface area contributed by atoms with Crippen LogP contribution in [0.25, 0.3) is 16.7 Å². The molecule has 0 radical (unpaired) electrons. The Balaban J connectivity index is 1.28. The molecule has 0 spiro atoms. The average Bonchev–Trinajstić information content (AvgIpc) is 3.20. The fourth-order valence-electron chi connectivity index (χ4n) is 4.43. The number of fused-ring (bicyclic) bond motifs is 1. The van der Waals surface area contributed by atoms with Crippen LogP contribution in [0.3, 0.4) is 0 Å². The van der Waals surface area contributed by atoms with Gasteiger partial charge in [-0.25, -0.2) is 4.98 Å². The van der Waals surface area contributed by atoms with Gasteiger partial charge in [-0.1, -0.05) is 51.3 Å². The van der Waals surface area contributed by atoms with E-state index in [0.717, 1.165) is 59.5 Å². The smallest absolute Gasteiger partial charge is 0.227 e. The molecule has 1 saturated heterocycles. The quantitative estimate of drug-likeness (QED) is 0.289. The van der Waals surface area contributed by atoms with Gasteiger partial charge in [0, 0.05) is 21.8 Å². The highest BCUT2D eigenvalue weighted by Gasteiger charge is 2.26. The highest BCUT2D eigenvalue weighted by molar-refractivity contribution is 9.10. The largest absolute Gasteiger partial charge is 0.326 e. The van der Waals surface area contributed by atoms with Crippen LogP contribution in [0.1, 0.15) is 18.7 Å². The molecule has 5 rings (SSSR count). The molecule has 0 aliphatic carbocycles. The van der Waals surface area contributed by atoms with E-state index in [1.54, 1.807) is 18.2 Å². The van der Waals surface area contributed by atoms with Crippen molar-refractivity contribution in [3.63, 3.8) is 0 Å². The zero-order chi connectivity index (χ0) is 23.7. The molecule has 1 N–H and O–H groups in total. The molecular formula is C26H23BrCl2N4O. The number of rotatable bonds is 5. The molecule has 1 aromatic heterocycles. The highest BCUT2D eigenvalue weighted by Crippen LogP contribution is 2.28. The second kappa shape index (κ2) is 10.1. The first-order chi connectivity index (χ1) is 16.5. The summed E-state index contributed by atoms with van der Waals surface area (Å²) in [6, 6.07) is 21.7. The van der Waals surface area contributed by atoms with E-state index in [1.807, 2.05) is 30.3 Å². The lowest BCUT2D eigenvalue weighted by atomic mass is 9.96. The summed E-state index contributed by atoms with van der Waals surface area (Å²) in [5.41, 5.74) is 3.83. The predicted octanol–water partition coefficient (Wildman–Crippen LogP) is 6.95. The van der Waals surface area contributed by atoms with Crippen molar-refractivity contribution in [3.05, 3.63) is 87.1 Å². The van der Waals surface area contributed by atoms with Gasteiger partial charge in [-0.15, -0.1) is 0 Å². The van der Waals surface area contributed by atoms with Gasteiger partial charge in [-0.2, -0.15) is 0 Å². The van der Waals surface area contributed by atoms with E-state index < -0.39 is 0 Å². The predicted molar refractivity (Wildman–Crippen MR) is 142 cm³/mol. The molecule has 1 amide bonds. The van der Waals surface area contributed by atoms with E-state index in [-0.39, 0.29) is 11.8 Å². The SMILES string of the molecule is O=C(Nc1ccc(Cl)c(Cl)c1)C1CCN(Cc2nc3ccccc3n2-c2ccc(Br)cc2)CC1. The molecule has 1 aliphatic heterocycles. The summed E-state index contributed by atoms with van der Waals surface area (Å²) in [7, 11) is 0. The van der Waals surface area contributed by atoms with E-state index >= 15 is 0 Å². The topological polar surface area (TPSA) is 50.2 Å². The Labute approximate surface area is 216 Å². The van der Waals surface area contributed by atoms with Crippen molar-refractivity contribution in [2.45, 2.75) is 19.4 Å². The van der Waals surface area contributed by atoms with Crippen LogP contribution in [0.15, 0.2) is 71.2 Å². The number of benzene rings is 3. The monoisotopic (exact) mass is 556 g/mol. The number of hydrogen-bond acceptors (Lipinski definition) is 3. The first-order valence-electron chi connectivity index (χ1n) is 11.2. The molecule has 0 saturated carbocycles. The number of anilines is 1. The Morgan fingerprint density at radius 1 is 1.00 bits per heavy atom. The van der Waals surface area contributed by atoms with Crippen molar-refractivity contribution < 1.29 is 4.79 Å². The number of halogens is 3. The molecule has 34 heavy (non-hydrogen) atoms. The fraction of sp³-hybridized carbons (Fsp3) is 0.231. The van der Waals surface area contributed by atoms with Gasteiger partial charge in [-0.05, 0) is 80.5 Å². The minimum Gasteiger partial charge on any atom is -0.326 e. The Bertz CT molecular complexity index is 1330. The van der Waals surface area contributed by atoms with Gasteiger partial charge in [0.25, 0.3) is 0 Å². The third-order valence-electron chi connectivity index (χ3n) is 6.23. The van der Waals surface area contributed by atoms with Gasteiger partial charge in [0.2, 0.25) is 5.91 Å². The van der Waals surface area contributed by atoms with Gasteiger partial charge < -0.3 is 5.32 Å². The molecule has 3 aromatic carbocycles. The number of nitrogens with one attached hydrogen (secondary N) is 1. The lowest BCUT2D eigenvalue weighted by Gasteiger charge is -2.31. The van der Waals surface area contributed by atoms with Crippen LogP contribution < -0.4 is 5.32 Å². The molecule has 0 bridgehead atoms. The molecule has 4 aromatic rings. The van der Waals surface area contributed by atoms with E-state index in [0.29, 0.717) is 15.7 Å². The van der Waals surface area contributed by atoms with Crippen molar-refractivity contribution in [2.24, 2.45) is 5.92 Å². The summed E-state index contributed by atoms with van der Waals surface area (Å²) in [5.74, 6) is 0.998. The normalized spacial score (nSPS) is 15.0. The average molecular weight is 558 g/mol. The van der Waals surface area contributed by atoms with Crippen LogP contribution in [0, 0.1) is 5.92 Å². The number of carbonyl (C=O) groups excluding carboxylic acids is 1. The number of nitrogens with zero attached hydrogens (tertiary/aromatic N) is 3. The van der Waals surface area contributed by atoms with Crippen molar-refractivity contribution in [2.75, 3.05) is 18.4 Å². The highest BCUT2D eigenvalue weighted by atomic mass is 79.9. The van der Waals surface area contributed by atoms with E-state index in [1.165, 1.54) is 0 Å². The third-order valence-corrected chi connectivity index (χ3v) is 7.49. The molecule has 174 valence electrons. The zero-order valence-corrected chi connectivity index (χ0v) is 21.4. The van der Waals surface area contributed by atoms with E-state index in [2.05, 4.69) is 48.9 Å². The van der Waals surface area contributed by atoms with Crippen molar-refractivity contribution in [1.29, 1.82) is 0 Å². The van der Waals surface area contributed by atoms with Crippen LogP contribution in [-0.4, -0.2) is 33.4 Å². The maximum absolute atomic E-state index is 12.8. The summed E-state index contributed by atoms with van der Waals surface area (Å²) in [5, 5.41) is 3.88. The number of imidazole rings is 1. The van der Waals surface area contributed by atoms with Crippen LogP contribution in [0.4, 0.5) is 5.69 Å². The molecule has 8 heteroatoms. The Kier molecular flexibility index (Phi) is 6.93. The molecule has 0 unspecified atom stereocenters. The van der Waals surface area contributed by atoms with Gasteiger partial charge in [0.05, 0.1) is 27.6 Å². The summed E-state index contributed by atoms with van der Waals surface area (Å²) in [6.45, 7) is 2.40. The molecule has 2 heterocycles.